The first-order chi connectivity index (χ1) is 14.9. The van der Waals surface area contributed by atoms with Crippen molar-refractivity contribution in [2.24, 2.45) is 0 Å². The highest BCUT2D eigenvalue weighted by Crippen LogP contribution is 2.39. The van der Waals surface area contributed by atoms with Crippen LogP contribution in [0.5, 0.6) is 5.75 Å². The van der Waals surface area contributed by atoms with Crippen LogP contribution in [-0.4, -0.2) is 29.7 Å². The Morgan fingerprint density at radius 2 is 1.66 bits per heavy atom. The Bertz CT molecular complexity index is 914. The van der Waals surface area contributed by atoms with E-state index in [0.717, 1.165) is 29.7 Å². The average molecular weight is 437 g/mol. The molecule has 2 aromatic carbocycles. The number of amides is 1. The van der Waals surface area contributed by atoms with Crippen molar-refractivity contribution < 1.29 is 14.3 Å². The minimum absolute atomic E-state index is 0.0177. The molecule has 4 heteroatoms. The molecule has 32 heavy (non-hydrogen) atoms. The number of nitrogens with zero attached hydrogens (tertiary/aromatic N) is 1. The van der Waals surface area contributed by atoms with Crippen LogP contribution in [-0.2, 0) is 16.8 Å². The predicted molar refractivity (Wildman–Crippen MR) is 130 cm³/mol. The van der Waals surface area contributed by atoms with E-state index in [1.807, 2.05) is 43.9 Å². The Balaban J connectivity index is 1.76. The summed E-state index contributed by atoms with van der Waals surface area (Å²) < 4.78 is 11.7. The normalized spacial score (nSPS) is 15.5. The Hall–Kier alpha value is -2.49. The zero-order valence-electron chi connectivity index (χ0n) is 20.5. The average Bonchev–Trinajstić information content (AvgIpc) is 2.71. The third-order valence-electron chi connectivity index (χ3n) is 5.86. The highest BCUT2D eigenvalue weighted by Gasteiger charge is 2.31. The quantitative estimate of drug-likeness (QED) is 0.525. The van der Waals surface area contributed by atoms with Crippen molar-refractivity contribution in [3.05, 3.63) is 71.6 Å². The van der Waals surface area contributed by atoms with Crippen molar-refractivity contribution in [2.75, 3.05) is 13.1 Å². The van der Waals surface area contributed by atoms with Crippen LogP contribution in [0.1, 0.15) is 82.6 Å². The topological polar surface area (TPSA) is 38.8 Å². The Morgan fingerprint density at radius 1 is 1.03 bits per heavy atom. The minimum Gasteiger partial charge on any atom is -0.489 e. The van der Waals surface area contributed by atoms with Gasteiger partial charge in [-0.3, -0.25) is 0 Å². The highest BCUT2D eigenvalue weighted by molar-refractivity contribution is 5.68. The molecular weight excluding hydrogens is 398 g/mol. The maximum absolute atomic E-state index is 12.4. The fourth-order valence-electron chi connectivity index (χ4n) is 4.20. The fraction of sp³-hybridized carbons (Fsp3) is 0.500. The van der Waals surface area contributed by atoms with Crippen LogP contribution in [0.2, 0.25) is 0 Å². The number of ether oxygens (including phenoxy) is 2. The number of rotatable bonds is 4. The zero-order chi connectivity index (χ0) is 23.5. The van der Waals surface area contributed by atoms with Crippen LogP contribution in [0.3, 0.4) is 0 Å². The Kier molecular flexibility index (Phi) is 7.22. The van der Waals surface area contributed by atoms with E-state index in [1.54, 1.807) is 0 Å². The number of hydrogen-bond acceptors (Lipinski definition) is 3. The number of carbonyl (C=O) groups excluding carboxylic acids is 1. The van der Waals surface area contributed by atoms with Crippen LogP contribution in [0.15, 0.2) is 42.5 Å². The molecule has 4 nitrogen and oxygen atoms in total. The monoisotopic (exact) mass is 436 g/mol. The molecule has 173 valence electrons. The van der Waals surface area contributed by atoms with Crippen molar-refractivity contribution in [3.8, 4) is 5.75 Å². The van der Waals surface area contributed by atoms with Crippen molar-refractivity contribution in [2.45, 2.75) is 77.9 Å². The molecular formula is C28H38NO3. The molecule has 0 N–H and O–H groups in total. The molecule has 0 aromatic heterocycles. The first-order valence-electron chi connectivity index (χ1n) is 11.6. The second-order valence-corrected chi connectivity index (χ2v) is 10.8. The van der Waals surface area contributed by atoms with Gasteiger partial charge in [0, 0.05) is 13.1 Å². The highest BCUT2D eigenvalue weighted by atomic mass is 16.6. The van der Waals surface area contributed by atoms with E-state index >= 15 is 0 Å². The van der Waals surface area contributed by atoms with Gasteiger partial charge in [-0.2, -0.15) is 0 Å². The molecule has 0 saturated carbocycles. The van der Waals surface area contributed by atoms with E-state index in [0.29, 0.717) is 25.6 Å². The first kappa shape index (κ1) is 24.2. The summed E-state index contributed by atoms with van der Waals surface area (Å²) in [7, 11) is 0. The second-order valence-electron chi connectivity index (χ2n) is 10.8. The second kappa shape index (κ2) is 9.56. The van der Waals surface area contributed by atoms with Gasteiger partial charge in [-0.05, 0) is 80.2 Å². The van der Waals surface area contributed by atoms with Crippen molar-refractivity contribution in [1.29, 1.82) is 0 Å². The summed E-state index contributed by atoms with van der Waals surface area (Å²) in [6.45, 7) is 18.7. The lowest BCUT2D eigenvalue weighted by Gasteiger charge is -2.36. The fourth-order valence-corrected chi connectivity index (χ4v) is 4.20. The maximum atomic E-state index is 12.4. The van der Waals surface area contributed by atoms with E-state index in [1.165, 1.54) is 11.1 Å². The smallest absolute Gasteiger partial charge is 0.410 e. The molecule has 0 bridgehead atoms. The summed E-state index contributed by atoms with van der Waals surface area (Å²) in [5.74, 6) is 1.24. The molecule has 1 saturated heterocycles. The molecule has 0 atom stereocenters. The van der Waals surface area contributed by atoms with Gasteiger partial charge in [0.15, 0.2) is 0 Å². The molecule has 1 fully saturated rings. The van der Waals surface area contributed by atoms with Crippen LogP contribution in [0, 0.1) is 6.92 Å². The van der Waals surface area contributed by atoms with Gasteiger partial charge >= 0.3 is 6.09 Å². The standard InChI is InChI=1S/C28H38NO3/c1-20-17-23(22-13-15-29(16-14-22)26(30)32-28(5,6)7)24(27(2,3)4)18-25(20)31-19-21-11-9-8-10-12-21/h8-12,17-18,22H,1,13-16,19H2,2-7H3. The lowest BCUT2D eigenvalue weighted by atomic mass is 9.76. The van der Waals surface area contributed by atoms with E-state index in [9.17, 15) is 4.79 Å². The summed E-state index contributed by atoms with van der Waals surface area (Å²) in [6, 6.07) is 14.6. The lowest BCUT2D eigenvalue weighted by molar-refractivity contribution is 0.0204. The molecule has 0 spiro atoms. The molecule has 0 aliphatic carbocycles. The molecule has 1 radical (unpaired) electrons. The minimum atomic E-state index is -0.467. The van der Waals surface area contributed by atoms with Crippen LogP contribution in [0.25, 0.3) is 0 Å². The van der Waals surface area contributed by atoms with Gasteiger partial charge in [-0.15, -0.1) is 0 Å². The number of piperidine rings is 1. The molecule has 1 aliphatic rings. The van der Waals surface area contributed by atoms with Crippen LogP contribution in [0.4, 0.5) is 4.79 Å². The van der Waals surface area contributed by atoms with E-state index in [4.69, 9.17) is 9.47 Å². The van der Waals surface area contributed by atoms with Gasteiger partial charge in [-0.25, -0.2) is 4.79 Å². The van der Waals surface area contributed by atoms with Gasteiger partial charge in [0.1, 0.15) is 18.0 Å². The lowest BCUT2D eigenvalue weighted by Crippen LogP contribution is -2.41. The molecule has 0 unspecified atom stereocenters. The molecule has 3 rings (SSSR count). The van der Waals surface area contributed by atoms with E-state index in [2.05, 4.69) is 52.0 Å². The summed E-state index contributed by atoms with van der Waals surface area (Å²) in [6.07, 6.45) is 1.63. The largest absolute Gasteiger partial charge is 0.489 e. The number of carbonyl (C=O) groups is 1. The van der Waals surface area contributed by atoms with Crippen LogP contribution >= 0.6 is 0 Å². The van der Waals surface area contributed by atoms with E-state index in [-0.39, 0.29) is 11.5 Å². The Labute approximate surface area is 193 Å². The van der Waals surface area contributed by atoms with Crippen molar-refractivity contribution in [1.82, 2.24) is 4.90 Å². The predicted octanol–water partition coefficient (Wildman–Crippen LogP) is 6.86. The third-order valence-corrected chi connectivity index (χ3v) is 5.86. The van der Waals surface area contributed by atoms with Gasteiger partial charge < -0.3 is 14.4 Å². The molecule has 1 aliphatic heterocycles. The molecule has 1 heterocycles. The first-order valence-corrected chi connectivity index (χ1v) is 11.6. The molecule has 1 amide bonds. The zero-order valence-corrected chi connectivity index (χ0v) is 20.5. The van der Waals surface area contributed by atoms with Crippen LogP contribution < -0.4 is 4.74 Å². The number of benzene rings is 2. The number of likely N-dealkylation sites (tertiary alicyclic amines) is 1. The Morgan fingerprint density at radius 3 is 2.22 bits per heavy atom. The van der Waals surface area contributed by atoms with Gasteiger partial charge in [0.25, 0.3) is 0 Å². The summed E-state index contributed by atoms with van der Waals surface area (Å²) in [5.41, 5.74) is 4.20. The van der Waals surface area contributed by atoms with Crippen molar-refractivity contribution >= 4 is 6.09 Å². The number of hydrogen-bond donors (Lipinski definition) is 0. The third kappa shape index (κ3) is 6.27. The summed E-state index contributed by atoms with van der Waals surface area (Å²) >= 11 is 0. The van der Waals surface area contributed by atoms with Gasteiger partial charge in [-0.1, -0.05) is 57.2 Å². The SMILES string of the molecule is [CH2]c1cc(C2CCN(C(=O)OC(C)(C)C)CC2)c(C(C)(C)C)cc1OCc1ccccc1. The molecule has 2 aromatic rings. The van der Waals surface area contributed by atoms with Gasteiger partial charge in [0.05, 0.1) is 0 Å². The summed E-state index contributed by atoms with van der Waals surface area (Å²) in [4.78, 5) is 14.3. The van der Waals surface area contributed by atoms with Crippen molar-refractivity contribution in [3.63, 3.8) is 0 Å². The van der Waals surface area contributed by atoms with E-state index < -0.39 is 5.60 Å². The maximum Gasteiger partial charge on any atom is 0.410 e. The van der Waals surface area contributed by atoms with Gasteiger partial charge in [0.2, 0.25) is 0 Å². The summed E-state index contributed by atoms with van der Waals surface area (Å²) in [5, 5.41) is 0.